The van der Waals surface area contributed by atoms with Gasteiger partial charge in [-0.2, -0.15) is 0 Å². The van der Waals surface area contributed by atoms with Gasteiger partial charge in [-0.05, 0) is 116 Å². The van der Waals surface area contributed by atoms with Gasteiger partial charge >= 0.3 is 5.97 Å². The van der Waals surface area contributed by atoms with E-state index in [-0.39, 0.29) is 11.7 Å². The first-order valence-corrected chi connectivity index (χ1v) is 15.6. The van der Waals surface area contributed by atoms with E-state index in [1.807, 2.05) is 0 Å². The number of carboxylic acid groups (broad SMARTS) is 1. The molecule has 0 aromatic heterocycles. The van der Waals surface area contributed by atoms with Gasteiger partial charge in [-0.15, -0.1) is 0 Å². The molecule has 0 radical (unpaired) electrons. The third-order valence-electron chi connectivity index (χ3n) is 11.5. The second-order valence-corrected chi connectivity index (χ2v) is 14.4. The van der Waals surface area contributed by atoms with Crippen molar-refractivity contribution in [3.63, 3.8) is 0 Å². The molecule has 8 atom stereocenters. The van der Waals surface area contributed by atoms with Crippen LogP contribution in [0.2, 0.25) is 0 Å². The number of aliphatic hydroxyl groups excluding tert-OH is 1. The average molecular weight is 539 g/mol. The lowest BCUT2D eigenvalue weighted by Gasteiger charge is -2.58. The minimum Gasteiger partial charge on any atom is -0.478 e. The number of aliphatic hydroxyl groups is 1. The zero-order chi connectivity index (χ0) is 28.5. The van der Waals surface area contributed by atoms with Crippen molar-refractivity contribution in [2.45, 2.75) is 111 Å². The minimum absolute atomic E-state index is 0.0766. The summed E-state index contributed by atoms with van der Waals surface area (Å²) in [6, 6.07) is 4.23. The number of hydrogen-bond acceptors (Lipinski definition) is 4. The molecule has 0 bridgehead atoms. The molecule has 4 aliphatic carbocycles. The van der Waals surface area contributed by atoms with Gasteiger partial charge in [-0.25, -0.2) is 4.79 Å². The van der Waals surface area contributed by atoms with Crippen LogP contribution in [0.4, 0.5) is 11.4 Å². The molecule has 1 unspecified atom stereocenters. The Kier molecular flexibility index (Phi) is 9.10. The maximum Gasteiger partial charge on any atom is 0.335 e. The van der Waals surface area contributed by atoms with Gasteiger partial charge < -0.3 is 21.7 Å². The molecule has 0 saturated heterocycles. The summed E-state index contributed by atoms with van der Waals surface area (Å²) in [7, 11) is 0. The molecular formula is C34H54N2O3. The second-order valence-electron chi connectivity index (χ2n) is 14.4. The molecule has 4 aliphatic rings. The van der Waals surface area contributed by atoms with Crippen LogP contribution in [0.15, 0.2) is 29.8 Å². The maximum atomic E-state index is 10.4. The van der Waals surface area contributed by atoms with Crippen molar-refractivity contribution in [3.8, 4) is 0 Å². The highest BCUT2D eigenvalue weighted by Gasteiger charge is 2.59. The summed E-state index contributed by atoms with van der Waals surface area (Å²) >= 11 is 0. The molecule has 5 rings (SSSR count). The van der Waals surface area contributed by atoms with Gasteiger partial charge in [0.25, 0.3) is 0 Å². The average Bonchev–Trinajstić information content (AvgIpc) is 3.21. The highest BCUT2D eigenvalue weighted by atomic mass is 16.4. The molecule has 1 aromatic carbocycles. The highest BCUT2D eigenvalue weighted by Crippen LogP contribution is 2.67. The molecule has 6 N–H and O–H groups in total. The van der Waals surface area contributed by atoms with Crippen LogP contribution in [0.5, 0.6) is 0 Å². The third kappa shape index (κ3) is 6.19. The van der Waals surface area contributed by atoms with Crippen LogP contribution in [0, 0.1) is 46.3 Å². The van der Waals surface area contributed by atoms with Gasteiger partial charge in [-0.3, -0.25) is 0 Å². The van der Waals surface area contributed by atoms with Gasteiger partial charge in [0, 0.05) is 11.4 Å². The zero-order valence-electron chi connectivity index (χ0n) is 25.1. The van der Waals surface area contributed by atoms with E-state index in [9.17, 15) is 9.90 Å². The summed E-state index contributed by atoms with van der Waals surface area (Å²) in [5, 5.41) is 18.7. The molecule has 39 heavy (non-hydrogen) atoms. The molecule has 218 valence electrons. The Labute approximate surface area is 236 Å². The van der Waals surface area contributed by atoms with E-state index >= 15 is 0 Å². The summed E-state index contributed by atoms with van der Waals surface area (Å²) < 4.78 is 0. The highest BCUT2D eigenvalue weighted by molar-refractivity contribution is 5.90. The molecule has 5 nitrogen and oxygen atoms in total. The SMILES string of the molecule is CC(C)CCCC(C)[C@H]1CC[C@H]2[C@@H]3CC=C4C[C@@H](O)CC[C@]4(C)[C@H]3CC[C@]12C.Nc1cc(N)cc(C(=O)O)c1. The molecule has 3 saturated carbocycles. The Morgan fingerprint density at radius 3 is 2.31 bits per heavy atom. The maximum absolute atomic E-state index is 10.4. The third-order valence-corrected chi connectivity index (χ3v) is 11.5. The normalized spacial score (nSPS) is 36.1. The van der Waals surface area contributed by atoms with Crippen LogP contribution in [-0.4, -0.2) is 22.3 Å². The van der Waals surface area contributed by atoms with E-state index in [0.717, 1.165) is 48.3 Å². The van der Waals surface area contributed by atoms with Crippen molar-refractivity contribution in [1.29, 1.82) is 0 Å². The van der Waals surface area contributed by atoms with E-state index in [0.29, 0.717) is 22.2 Å². The lowest BCUT2D eigenvalue weighted by atomic mass is 9.47. The quantitative estimate of drug-likeness (QED) is 0.217. The number of anilines is 2. The molecule has 0 spiro atoms. The van der Waals surface area contributed by atoms with Crippen molar-refractivity contribution < 1.29 is 15.0 Å². The number of carboxylic acids is 1. The second kappa shape index (κ2) is 11.8. The lowest BCUT2D eigenvalue weighted by Crippen LogP contribution is -2.50. The van der Waals surface area contributed by atoms with Gasteiger partial charge in [0.1, 0.15) is 0 Å². The van der Waals surface area contributed by atoms with Crippen LogP contribution in [0.3, 0.4) is 0 Å². The largest absolute Gasteiger partial charge is 0.478 e. The van der Waals surface area contributed by atoms with Crippen LogP contribution >= 0.6 is 0 Å². The Hall–Kier alpha value is -2.01. The molecule has 0 amide bonds. The van der Waals surface area contributed by atoms with Crippen LogP contribution in [0.1, 0.15) is 116 Å². The first-order valence-electron chi connectivity index (χ1n) is 15.6. The van der Waals surface area contributed by atoms with Crippen LogP contribution in [0.25, 0.3) is 0 Å². The summed E-state index contributed by atoms with van der Waals surface area (Å²) in [5.74, 6) is 4.43. The standard InChI is InChI=1S/C27H46O.C7H8N2O2/c1-18(2)7-6-8-19(3)23-11-12-24-22-10-9-20-17-21(28)13-15-26(20,4)25(22)14-16-27(23,24)5;8-5-1-4(7(10)11)2-6(9)3-5/h9,18-19,21-25,28H,6-8,10-17H2,1-5H3;1-3H,8-9H2,(H,10,11)/t19?,21-,22-,23+,24-,25-,26-,27+;/m0./s1. The molecule has 5 heteroatoms. The van der Waals surface area contributed by atoms with E-state index in [4.69, 9.17) is 16.6 Å². The predicted molar refractivity (Wildman–Crippen MR) is 161 cm³/mol. The van der Waals surface area contributed by atoms with Gasteiger partial charge in [0.15, 0.2) is 0 Å². The fraction of sp³-hybridized carbons (Fsp3) is 0.735. The Morgan fingerprint density at radius 1 is 0.974 bits per heavy atom. The van der Waals surface area contributed by atoms with Crippen molar-refractivity contribution in [2.75, 3.05) is 11.5 Å². The van der Waals surface area contributed by atoms with E-state index in [1.54, 1.807) is 5.57 Å². The van der Waals surface area contributed by atoms with Crippen molar-refractivity contribution in [1.82, 2.24) is 0 Å². The fourth-order valence-electron chi connectivity index (χ4n) is 9.47. The van der Waals surface area contributed by atoms with E-state index < -0.39 is 5.97 Å². The van der Waals surface area contributed by atoms with Gasteiger partial charge in [0.2, 0.25) is 0 Å². The Morgan fingerprint density at radius 2 is 1.67 bits per heavy atom. The lowest BCUT2D eigenvalue weighted by molar-refractivity contribution is -0.0573. The number of aromatic carboxylic acids is 1. The fourth-order valence-corrected chi connectivity index (χ4v) is 9.47. The van der Waals surface area contributed by atoms with Crippen molar-refractivity contribution in [3.05, 3.63) is 35.4 Å². The number of fused-ring (bicyclic) bond motifs is 5. The van der Waals surface area contributed by atoms with Gasteiger partial charge in [0.05, 0.1) is 11.7 Å². The van der Waals surface area contributed by atoms with Crippen LogP contribution in [-0.2, 0) is 0 Å². The summed E-state index contributed by atoms with van der Waals surface area (Å²) in [5.41, 5.74) is 14.2. The smallest absolute Gasteiger partial charge is 0.335 e. The summed E-state index contributed by atoms with van der Waals surface area (Å²) in [4.78, 5) is 10.4. The molecule has 0 aliphatic heterocycles. The first kappa shape index (κ1) is 30.0. The number of hydrogen-bond donors (Lipinski definition) is 4. The predicted octanol–water partition coefficient (Wildman–Crippen LogP) is 7.94. The van der Waals surface area contributed by atoms with Crippen molar-refractivity contribution in [2.24, 2.45) is 46.3 Å². The number of benzene rings is 1. The number of carbonyl (C=O) groups is 1. The molecule has 1 aromatic rings. The minimum atomic E-state index is -1.02. The Bertz CT molecular complexity index is 1030. The topological polar surface area (TPSA) is 110 Å². The molecule has 0 heterocycles. The molecular weight excluding hydrogens is 484 g/mol. The van der Waals surface area contributed by atoms with E-state index in [2.05, 4.69) is 40.7 Å². The Balaban J connectivity index is 0.000000270. The van der Waals surface area contributed by atoms with E-state index in [1.165, 1.54) is 76.0 Å². The number of allylic oxidation sites excluding steroid dienone is 1. The summed E-state index contributed by atoms with van der Waals surface area (Å²) in [6.45, 7) is 12.6. The molecule has 3 fully saturated rings. The first-order chi connectivity index (χ1) is 18.3. The zero-order valence-corrected chi connectivity index (χ0v) is 25.1. The van der Waals surface area contributed by atoms with Gasteiger partial charge in [-0.1, -0.05) is 65.5 Å². The summed E-state index contributed by atoms with van der Waals surface area (Å²) in [6.07, 6.45) is 17.2. The van der Waals surface area contributed by atoms with Crippen LogP contribution < -0.4 is 11.5 Å². The number of nitrogen functional groups attached to an aromatic ring is 2. The number of nitrogens with two attached hydrogens (primary N) is 2. The van der Waals surface area contributed by atoms with Crippen molar-refractivity contribution >= 4 is 17.3 Å². The monoisotopic (exact) mass is 538 g/mol. The number of rotatable bonds is 6.